The van der Waals surface area contributed by atoms with Gasteiger partial charge >= 0.3 is 0 Å². The summed E-state index contributed by atoms with van der Waals surface area (Å²) in [5.41, 5.74) is 5.04. The summed E-state index contributed by atoms with van der Waals surface area (Å²) in [7, 11) is 5.32. The number of nitrogens with one attached hydrogen (secondary N) is 1. The van der Waals surface area contributed by atoms with E-state index in [9.17, 15) is 4.79 Å². The van der Waals surface area contributed by atoms with Crippen molar-refractivity contribution in [1.29, 1.82) is 0 Å². The van der Waals surface area contributed by atoms with Gasteiger partial charge in [0.2, 0.25) is 5.91 Å². The maximum atomic E-state index is 12.7. The average Bonchev–Trinajstić information content (AvgIpc) is 3.45. The smallest absolute Gasteiger partial charge is 0.228 e. The van der Waals surface area contributed by atoms with Crippen LogP contribution >= 0.6 is 0 Å². The number of hydrogen-bond acceptors (Lipinski definition) is 8. The molecule has 0 unspecified atom stereocenters. The Morgan fingerprint density at radius 2 is 1.69 bits per heavy atom. The first-order valence-electron chi connectivity index (χ1n) is 13.3. The van der Waals surface area contributed by atoms with Crippen LogP contribution in [0.2, 0.25) is 0 Å². The van der Waals surface area contributed by atoms with Crippen LogP contribution in [0, 0.1) is 5.92 Å². The van der Waals surface area contributed by atoms with Crippen LogP contribution in [0.25, 0.3) is 22.3 Å². The van der Waals surface area contributed by atoms with Crippen LogP contribution in [-0.4, -0.2) is 82.9 Å². The molecule has 10 nitrogen and oxygen atoms in total. The second kappa shape index (κ2) is 10.5. The molecule has 1 amide bonds. The topological polar surface area (TPSA) is 97.6 Å². The fraction of sp³-hybridized carbons (Fsp3) is 0.379. The van der Waals surface area contributed by atoms with E-state index in [2.05, 4.69) is 27.3 Å². The minimum atomic E-state index is 0.170. The van der Waals surface area contributed by atoms with Crippen molar-refractivity contribution in [2.45, 2.75) is 18.9 Å². The van der Waals surface area contributed by atoms with Gasteiger partial charge in [-0.1, -0.05) is 0 Å². The van der Waals surface area contributed by atoms with Gasteiger partial charge in [0.15, 0.2) is 0 Å². The molecule has 0 atom stereocenters. The lowest BCUT2D eigenvalue weighted by atomic mass is 9.97. The highest BCUT2D eigenvalue weighted by Gasteiger charge is 2.35. The van der Waals surface area contributed by atoms with E-state index in [-0.39, 0.29) is 12.0 Å². The minimum Gasteiger partial charge on any atom is -0.497 e. The lowest BCUT2D eigenvalue weighted by molar-refractivity contribution is -0.141. The van der Waals surface area contributed by atoms with Crippen LogP contribution in [0.3, 0.4) is 0 Å². The predicted octanol–water partition coefficient (Wildman–Crippen LogP) is 3.98. The van der Waals surface area contributed by atoms with Crippen molar-refractivity contribution in [3.05, 3.63) is 55.0 Å². The molecule has 2 fully saturated rings. The lowest BCUT2D eigenvalue weighted by Crippen LogP contribution is -2.54. The van der Waals surface area contributed by atoms with Gasteiger partial charge in [0, 0.05) is 67.5 Å². The largest absolute Gasteiger partial charge is 0.497 e. The van der Waals surface area contributed by atoms with Gasteiger partial charge in [0.25, 0.3) is 0 Å². The molecule has 1 N–H and O–H groups in total. The molecule has 202 valence electrons. The Kier molecular flexibility index (Phi) is 6.78. The average molecular weight is 528 g/mol. The molecule has 6 rings (SSSR count). The van der Waals surface area contributed by atoms with Gasteiger partial charge in [0.05, 0.1) is 55.3 Å². The van der Waals surface area contributed by atoms with Crippen LogP contribution in [0.15, 0.2) is 55.0 Å². The maximum Gasteiger partial charge on any atom is 0.228 e. The number of carbonyl (C=O) groups excluding carboxylic acids is 1. The number of carbonyl (C=O) groups is 1. The number of hydrogen-bond donors (Lipinski definition) is 1. The van der Waals surface area contributed by atoms with Crippen LogP contribution in [0.1, 0.15) is 18.9 Å². The van der Waals surface area contributed by atoms with Crippen LogP contribution in [0.4, 0.5) is 11.4 Å². The molecular formula is C29H33N7O3. The summed E-state index contributed by atoms with van der Waals surface area (Å²) in [4.78, 5) is 26.4. The van der Waals surface area contributed by atoms with Crippen molar-refractivity contribution in [1.82, 2.24) is 29.5 Å². The zero-order valence-corrected chi connectivity index (χ0v) is 22.5. The molecule has 0 radical (unpaired) electrons. The molecule has 2 aliphatic rings. The number of fused-ring (bicyclic) bond motifs is 1. The molecule has 2 aliphatic heterocycles. The molecule has 39 heavy (non-hydrogen) atoms. The molecular weight excluding hydrogens is 494 g/mol. The van der Waals surface area contributed by atoms with Crippen molar-refractivity contribution in [3.63, 3.8) is 0 Å². The van der Waals surface area contributed by atoms with E-state index in [1.807, 2.05) is 58.4 Å². The van der Waals surface area contributed by atoms with Crippen molar-refractivity contribution in [2.75, 3.05) is 52.8 Å². The fourth-order valence-electron chi connectivity index (χ4n) is 5.41. The lowest BCUT2D eigenvalue weighted by Gasteiger charge is -2.40. The van der Waals surface area contributed by atoms with E-state index in [0.29, 0.717) is 17.4 Å². The van der Waals surface area contributed by atoms with Crippen LogP contribution in [-0.2, 0) is 4.79 Å². The summed E-state index contributed by atoms with van der Waals surface area (Å²) in [6.45, 7) is 3.32. The van der Waals surface area contributed by atoms with E-state index >= 15 is 0 Å². The maximum absolute atomic E-state index is 12.7. The highest BCUT2D eigenvalue weighted by Crippen LogP contribution is 2.30. The third-order valence-electron chi connectivity index (χ3n) is 7.64. The summed E-state index contributed by atoms with van der Waals surface area (Å²) in [6.07, 6.45) is 7.50. The van der Waals surface area contributed by atoms with E-state index in [1.165, 1.54) is 0 Å². The molecule has 2 aromatic heterocycles. The zero-order valence-electron chi connectivity index (χ0n) is 22.5. The van der Waals surface area contributed by atoms with Crippen molar-refractivity contribution >= 4 is 28.3 Å². The number of piperidine rings is 1. The Labute approximate surface area is 227 Å². The Morgan fingerprint density at radius 3 is 2.38 bits per heavy atom. The molecule has 0 saturated carbocycles. The number of methoxy groups -OCH3 is 2. The Morgan fingerprint density at radius 1 is 0.949 bits per heavy atom. The summed E-state index contributed by atoms with van der Waals surface area (Å²) >= 11 is 0. The predicted molar refractivity (Wildman–Crippen MR) is 149 cm³/mol. The number of amides is 1. The molecule has 10 heteroatoms. The number of ether oxygens (including phenoxy) is 2. The van der Waals surface area contributed by atoms with E-state index in [1.54, 1.807) is 20.4 Å². The Hall–Kier alpha value is -4.18. The van der Waals surface area contributed by atoms with Crippen LogP contribution in [0.5, 0.6) is 11.5 Å². The second-order valence-corrected chi connectivity index (χ2v) is 10.4. The SMILES string of the molecule is COc1cc(Nc2ccc3ncc(-c4cnn(C5CCN(C(=O)C6CN(C)C6)CC5)c4)nc3c2)cc(OC)c1. The van der Waals surface area contributed by atoms with E-state index < -0.39 is 0 Å². The third kappa shape index (κ3) is 5.24. The Bertz CT molecular complexity index is 1470. The number of nitrogens with zero attached hydrogens (tertiary/aromatic N) is 6. The molecule has 2 saturated heterocycles. The van der Waals surface area contributed by atoms with Crippen molar-refractivity contribution < 1.29 is 14.3 Å². The minimum absolute atomic E-state index is 0.170. The monoisotopic (exact) mass is 527 g/mol. The van der Waals surface area contributed by atoms with E-state index in [0.717, 1.165) is 72.7 Å². The van der Waals surface area contributed by atoms with Crippen LogP contribution < -0.4 is 14.8 Å². The molecule has 0 bridgehead atoms. The molecule has 0 aliphatic carbocycles. The first-order valence-corrected chi connectivity index (χ1v) is 13.3. The first-order chi connectivity index (χ1) is 19.0. The number of benzene rings is 2. The van der Waals surface area contributed by atoms with Crippen molar-refractivity contribution in [2.24, 2.45) is 5.92 Å². The first kappa shape index (κ1) is 25.1. The number of rotatable bonds is 7. The number of likely N-dealkylation sites (tertiary alicyclic amines) is 2. The van der Waals surface area contributed by atoms with Crippen molar-refractivity contribution in [3.8, 4) is 22.8 Å². The summed E-state index contributed by atoms with van der Waals surface area (Å²) < 4.78 is 12.8. The van der Waals surface area contributed by atoms with Gasteiger partial charge < -0.3 is 24.6 Å². The van der Waals surface area contributed by atoms with Gasteiger partial charge in [-0.15, -0.1) is 0 Å². The van der Waals surface area contributed by atoms with Gasteiger partial charge in [-0.05, 0) is 38.1 Å². The Balaban J connectivity index is 1.15. The molecule has 2 aromatic carbocycles. The van der Waals surface area contributed by atoms with Gasteiger partial charge in [0.1, 0.15) is 11.5 Å². The fourth-order valence-corrected chi connectivity index (χ4v) is 5.41. The normalized spacial score (nSPS) is 16.7. The standard InChI is InChI=1S/C29H33N7O3/c1-34-16-20(17-34)29(37)35-8-6-23(7-9-35)36-18-19(14-31-36)28-15-30-26-5-4-21(12-27(26)33-28)32-22-10-24(38-2)13-25(11-22)39-3/h4-5,10-15,18,20,23,32H,6-9,16-17H2,1-3H3. The molecule has 4 heterocycles. The third-order valence-corrected chi connectivity index (χ3v) is 7.64. The molecule has 4 aromatic rings. The highest BCUT2D eigenvalue weighted by molar-refractivity contribution is 5.82. The zero-order chi connectivity index (χ0) is 26.9. The van der Waals surface area contributed by atoms with Gasteiger partial charge in [-0.2, -0.15) is 5.10 Å². The van der Waals surface area contributed by atoms with Gasteiger partial charge in [-0.3, -0.25) is 14.5 Å². The second-order valence-electron chi connectivity index (χ2n) is 10.4. The summed E-state index contributed by atoms with van der Waals surface area (Å²) in [6, 6.07) is 11.8. The number of aromatic nitrogens is 4. The number of anilines is 2. The quantitative estimate of drug-likeness (QED) is 0.386. The highest BCUT2D eigenvalue weighted by atomic mass is 16.5. The van der Waals surface area contributed by atoms with Gasteiger partial charge in [-0.25, -0.2) is 4.98 Å². The molecule has 0 spiro atoms. The summed E-state index contributed by atoms with van der Waals surface area (Å²) in [5.74, 6) is 1.89. The van der Waals surface area contributed by atoms with E-state index in [4.69, 9.17) is 14.5 Å². The summed E-state index contributed by atoms with van der Waals surface area (Å²) in [5, 5.41) is 8.05.